The Balaban J connectivity index is 1.61. The molecular formula is C24H27ClN4O3. The van der Waals surface area contributed by atoms with Gasteiger partial charge in [0.2, 0.25) is 0 Å². The van der Waals surface area contributed by atoms with Crippen LogP contribution in [0.2, 0.25) is 5.02 Å². The van der Waals surface area contributed by atoms with E-state index in [2.05, 4.69) is 10.6 Å². The molecule has 0 bridgehead atoms. The molecule has 8 heteroatoms. The van der Waals surface area contributed by atoms with Gasteiger partial charge in [-0.25, -0.2) is 0 Å². The van der Waals surface area contributed by atoms with Crippen LogP contribution in [-0.4, -0.2) is 34.2 Å². The third-order valence-electron chi connectivity index (χ3n) is 4.94. The molecule has 7 nitrogen and oxygen atoms in total. The first-order valence-corrected chi connectivity index (χ1v) is 10.6. The molecule has 0 radical (unpaired) electrons. The summed E-state index contributed by atoms with van der Waals surface area (Å²) in [5.41, 5.74) is 3.76. The monoisotopic (exact) mass is 454 g/mol. The summed E-state index contributed by atoms with van der Waals surface area (Å²) in [6.07, 6.45) is -1.21. The fraction of sp³-hybridized carbons (Fsp3) is 0.250. The van der Waals surface area contributed by atoms with Crippen LogP contribution < -0.4 is 10.6 Å². The Bertz CT molecular complexity index is 1150. The van der Waals surface area contributed by atoms with E-state index in [0.29, 0.717) is 16.4 Å². The smallest absolute Gasteiger partial charge is 0.250 e. The molecule has 1 heterocycles. The number of carbonyl (C=O) groups excluding carboxylic acids is 1. The summed E-state index contributed by atoms with van der Waals surface area (Å²) in [5, 5.41) is 25.8. The van der Waals surface area contributed by atoms with Crippen molar-refractivity contribution in [2.75, 3.05) is 11.9 Å². The van der Waals surface area contributed by atoms with Gasteiger partial charge >= 0.3 is 0 Å². The second kappa shape index (κ2) is 10.5. The van der Waals surface area contributed by atoms with Gasteiger partial charge in [-0.1, -0.05) is 41.9 Å². The van der Waals surface area contributed by atoms with E-state index in [1.807, 2.05) is 60.0 Å². The Morgan fingerprint density at radius 2 is 1.91 bits per heavy atom. The van der Waals surface area contributed by atoms with Crippen molar-refractivity contribution in [2.45, 2.75) is 33.6 Å². The van der Waals surface area contributed by atoms with Crippen molar-refractivity contribution < 1.29 is 14.6 Å². The molecular weight excluding hydrogens is 428 g/mol. The minimum absolute atomic E-state index is 0.132. The number of nitrogens with one attached hydrogen (secondary N) is 3. The maximum absolute atomic E-state index is 12.4. The van der Waals surface area contributed by atoms with Crippen molar-refractivity contribution in [1.29, 1.82) is 5.41 Å². The zero-order chi connectivity index (χ0) is 23.3. The number of halogens is 1. The fourth-order valence-electron chi connectivity index (χ4n) is 3.47. The van der Waals surface area contributed by atoms with Crippen molar-refractivity contribution in [3.8, 4) is 0 Å². The van der Waals surface area contributed by atoms with Crippen molar-refractivity contribution in [3.63, 3.8) is 0 Å². The highest BCUT2D eigenvalue weighted by atomic mass is 35.5. The SMILES string of the molecule is CC(=N)/C(NC(=O)COC(O)Cn1c(C)cc2cccc(Cl)c21)=C(/C)Nc1ccccc1. The lowest BCUT2D eigenvalue weighted by molar-refractivity contribution is -0.142. The van der Waals surface area contributed by atoms with E-state index in [-0.39, 0.29) is 18.9 Å². The molecule has 2 aromatic carbocycles. The maximum atomic E-state index is 12.4. The second-order valence-corrected chi connectivity index (χ2v) is 7.91. The molecule has 0 aliphatic rings. The van der Waals surface area contributed by atoms with Crippen molar-refractivity contribution in [1.82, 2.24) is 9.88 Å². The maximum Gasteiger partial charge on any atom is 0.250 e. The Kier molecular flexibility index (Phi) is 7.69. The lowest BCUT2D eigenvalue weighted by Gasteiger charge is -2.17. The summed E-state index contributed by atoms with van der Waals surface area (Å²) in [6, 6.07) is 17.1. The number of aliphatic hydroxyl groups excluding tert-OH is 1. The van der Waals surface area contributed by atoms with Gasteiger partial charge in [-0.3, -0.25) is 4.79 Å². The van der Waals surface area contributed by atoms with Crippen LogP contribution in [0.25, 0.3) is 10.9 Å². The van der Waals surface area contributed by atoms with Gasteiger partial charge in [0.1, 0.15) is 6.61 Å². The fourth-order valence-corrected chi connectivity index (χ4v) is 3.76. The predicted octanol–water partition coefficient (Wildman–Crippen LogP) is 4.44. The number of nitrogens with zero attached hydrogens (tertiary/aromatic N) is 1. The highest BCUT2D eigenvalue weighted by Gasteiger charge is 2.16. The van der Waals surface area contributed by atoms with Crippen LogP contribution in [0.3, 0.4) is 0 Å². The zero-order valence-corrected chi connectivity index (χ0v) is 19.0. The first-order chi connectivity index (χ1) is 15.3. The molecule has 0 aliphatic heterocycles. The van der Waals surface area contributed by atoms with E-state index in [1.165, 1.54) is 0 Å². The first-order valence-electron chi connectivity index (χ1n) is 10.2. The third-order valence-corrected chi connectivity index (χ3v) is 5.25. The Labute approximate surface area is 192 Å². The number of hydrogen-bond donors (Lipinski definition) is 4. The summed E-state index contributed by atoms with van der Waals surface area (Å²) in [6.45, 7) is 5.06. The average molecular weight is 455 g/mol. The molecule has 32 heavy (non-hydrogen) atoms. The Hall–Kier alpha value is -3.13. The van der Waals surface area contributed by atoms with Gasteiger partial charge in [-0.15, -0.1) is 0 Å². The molecule has 1 aromatic heterocycles. The van der Waals surface area contributed by atoms with Gasteiger partial charge in [0, 0.05) is 22.5 Å². The van der Waals surface area contributed by atoms with E-state index in [1.54, 1.807) is 19.9 Å². The van der Waals surface area contributed by atoms with Crippen LogP contribution in [0.4, 0.5) is 5.69 Å². The number of aromatic nitrogens is 1. The van der Waals surface area contributed by atoms with E-state index in [0.717, 1.165) is 22.3 Å². The van der Waals surface area contributed by atoms with Gasteiger partial charge in [0.15, 0.2) is 6.29 Å². The molecule has 3 aromatic rings. The van der Waals surface area contributed by atoms with Crippen molar-refractivity contribution in [2.24, 2.45) is 0 Å². The quantitative estimate of drug-likeness (QED) is 0.284. The van der Waals surface area contributed by atoms with E-state index in [9.17, 15) is 9.90 Å². The minimum Gasteiger partial charge on any atom is -0.366 e. The van der Waals surface area contributed by atoms with Crippen LogP contribution in [0, 0.1) is 12.3 Å². The number of aliphatic hydroxyl groups is 1. The van der Waals surface area contributed by atoms with Crippen molar-refractivity contribution >= 4 is 39.8 Å². The third kappa shape index (κ3) is 5.76. The number of allylic oxidation sites excluding steroid dienone is 2. The lowest BCUT2D eigenvalue weighted by Crippen LogP contribution is -2.33. The molecule has 168 valence electrons. The lowest BCUT2D eigenvalue weighted by atomic mass is 10.2. The number of carbonyl (C=O) groups is 1. The number of benzene rings is 2. The molecule has 1 amide bonds. The number of fused-ring (bicyclic) bond motifs is 1. The summed E-state index contributed by atoms with van der Waals surface area (Å²) in [5.74, 6) is -0.466. The van der Waals surface area contributed by atoms with E-state index < -0.39 is 12.2 Å². The number of amides is 1. The van der Waals surface area contributed by atoms with Gasteiger partial charge in [-0.05, 0) is 45.0 Å². The minimum atomic E-state index is -1.21. The molecule has 0 fully saturated rings. The normalized spacial score (nSPS) is 12.9. The second-order valence-electron chi connectivity index (χ2n) is 7.50. The molecule has 4 N–H and O–H groups in total. The van der Waals surface area contributed by atoms with Crippen molar-refractivity contribution in [3.05, 3.63) is 76.7 Å². The number of ether oxygens (including phenoxy) is 1. The number of hydrogen-bond acceptors (Lipinski definition) is 5. The van der Waals surface area contributed by atoms with Gasteiger partial charge in [0.05, 0.1) is 28.5 Å². The molecule has 0 aliphatic carbocycles. The largest absolute Gasteiger partial charge is 0.366 e. The summed E-state index contributed by atoms with van der Waals surface area (Å²) < 4.78 is 7.23. The highest BCUT2D eigenvalue weighted by molar-refractivity contribution is 6.35. The number of anilines is 1. The average Bonchev–Trinajstić information content (AvgIpc) is 3.07. The standard InChI is InChI=1S/C24H27ClN4O3/c1-15-12-18-8-7-11-20(25)24(18)29(15)13-22(31)32-14-21(30)28-23(16(2)26)17(3)27-19-9-5-4-6-10-19/h4-12,22,26-27,31H,13-14H2,1-3H3,(H,28,30)/b23-17+,26-16?. The Morgan fingerprint density at radius 3 is 2.59 bits per heavy atom. The number of para-hydroxylation sites is 2. The predicted molar refractivity (Wildman–Crippen MR) is 128 cm³/mol. The van der Waals surface area contributed by atoms with Gasteiger partial charge < -0.3 is 30.5 Å². The zero-order valence-electron chi connectivity index (χ0n) is 18.3. The van der Waals surface area contributed by atoms with Crippen LogP contribution in [0.5, 0.6) is 0 Å². The Morgan fingerprint density at radius 1 is 1.19 bits per heavy atom. The molecule has 0 spiro atoms. The molecule has 1 unspecified atom stereocenters. The number of rotatable bonds is 9. The van der Waals surface area contributed by atoms with Crippen LogP contribution in [0.15, 0.2) is 66.0 Å². The van der Waals surface area contributed by atoms with Gasteiger partial charge in [0.25, 0.3) is 5.91 Å². The number of aryl methyl sites for hydroxylation is 1. The molecule has 0 saturated carbocycles. The van der Waals surface area contributed by atoms with Gasteiger partial charge in [-0.2, -0.15) is 0 Å². The molecule has 3 rings (SSSR count). The molecule has 0 saturated heterocycles. The molecule has 1 atom stereocenters. The highest BCUT2D eigenvalue weighted by Crippen LogP contribution is 2.27. The summed E-state index contributed by atoms with van der Waals surface area (Å²) in [4.78, 5) is 12.4. The first kappa shape index (κ1) is 23.5. The van der Waals surface area contributed by atoms with Crippen LogP contribution in [-0.2, 0) is 16.1 Å². The van der Waals surface area contributed by atoms with Crippen LogP contribution in [0.1, 0.15) is 19.5 Å². The summed E-state index contributed by atoms with van der Waals surface area (Å²) in [7, 11) is 0. The summed E-state index contributed by atoms with van der Waals surface area (Å²) >= 11 is 6.32. The topological polar surface area (TPSA) is 99.4 Å². The van der Waals surface area contributed by atoms with Crippen LogP contribution >= 0.6 is 11.6 Å². The van der Waals surface area contributed by atoms with E-state index in [4.69, 9.17) is 21.7 Å². The van der Waals surface area contributed by atoms with E-state index >= 15 is 0 Å².